The molecule has 14 nitrogen and oxygen atoms in total. The number of hydrogen-bond acceptors (Lipinski definition) is 13. The predicted octanol–water partition coefficient (Wildman–Crippen LogP) is 11.7. The van der Waals surface area contributed by atoms with E-state index in [2.05, 4.69) is 79.9 Å². The van der Waals surface area contributed by atoms with Crippen molar-refractivity contribution < 1.29 is 64.6 Å². The molecule has 12 unspecified atom stereocenters. The van der Waals surface area contributed by atoms with Crippen LogP contribution in [0.4, 0.5) is 0 Å². The fourth-order valence-corrected chi connectivity index (χ4v) is 10.4. The minimum atomic E-state index is -1.78. The molecule has 0 aromatic heterocycles. The maximum atomic E-state index is 13.2. The van der Waals surface area contributed by atoms with Gasteiger partial charge in [0, 0.05) is 6.42 Å². The highest BCUT2D eigenvalue weighted by atomic mass is 16.7. The maximum absolute atomic E-state index is 13.2. The Morgan fingerprint density at radius 1 is 0.468 bits per heavy atom. The van der Waals surface area contributed by atoms with Crippen molar-refractivity contribution in [2.24, 2.45) is 0 Å². The third-order valence-electron chi connectivity index (χ3n) is 15.5. The second kappa shape index (κ2) is 50.2. The van der Waals surface area contributed by atoms with Gasteiger partial charge in [-0.15, -0.1) is 0 Å². The minimum Gasteiger partial charge on any atom is -0.394 e. The molecular weight excluding hydrogens is 1000 g/mol. The SMILES string of the molecule is CC/C=C\C/C=C\C/C=C\C/C=C\C/C=C\CCCCCCCCCCCCCCCCCCCCCCCC(=O)NC(COC1OC(CO)C(OC2OC(CO)C(O)C(O)C2O)C(O)C1O)C(O)CCCCCCCCCC. The second-order valence-corrected chi connectivity index (χ2v) is 22.5. The Hall–Kier alpha value is -2.31. The molecule has 2 saturated heterocycles. The summed E-state index contributed by atoms with van der Waals surface area (Å²) in [5.41, 5.74) is 0. The van der Waals surface area contributed by atoms with Crippen molar-refractivity contribution in [1.82, 2.24) is 5.32 Å². The molecule has 2 fully saturated rings. The van der Waals surface area contributed by atoms with Crippen LogP contribution in [0.2, 0.25) is 0 Å². The first-order valence-electron chi connectivity index (χ1n) is 32.0. The lowest BCUT2D eigenvalue weighted by atomic mass is 9.97. The van der Waals surface area contributed by atoms with Crippen molar-refractivity contribution in [3.8, 4) is 0 Å². The molecule has 460 valence electrons. The van der Waals surface area contributed by atoms with Crippen molar-refractivity contribution in [3.63, 3.8) is 0 Å². The molecule has 2 aliphatic rings. The number of aliphatic hydroxyl groups is 8. The van der Waals surface area contributed by atoms with E-state index in [1.807, 2.05) is 0 Å². The molecule has 0 aliphatic carbocycles. The van der Waals surface area contributed by atoms with E-state index in [4.69, 9.17) is 18.9 Å². The molecule has 0 aromatic rings. The van der Waals surface area contributed by atoms with E-state index >= 15 is 0 Å². The van der Waals surface area contributed by atoms with Gasteiger partial charge >= 0.3 is 0 Å². The monoisotopic (exact) mass is 1120 g/mol. The quantitative estimate of drug-likeness (QED) is 0.0204. The van der Waals surface area contributed by atoms with E-state index in [0.717, 1.165) is 83.5 Å². The van der Waals surface area contributed by atoms with Crippen LogP contribution < -0.4 is 5.32 Å². The summed E-state index contributed by atoms with van der Waals surface area (Å²) in [5, 5.41) is 87.0. The number of carbonyl (C=O) groups excluding carboxylic acids is 1. The van der Waals surface area contributed by atoms with Gasteiger partial charge in [-0.25, -0.2) is 0 Å². The van der Waals surface area contributed by atoms with Crippen LogP contribution in [-0.4, -0.2) is 140 Å². The molecule has 9 N–H and O–H groups in total. The van der Waals surface area contributed by atoms with Crippen LogP contribution in [0.3, 0.4) is 0 Å². The molecule has 0 aromatic carbocycles. The van der Waals surface area contributed by atoms with Gasteiger partial charge in [-0.2, -0.15) is 0 Å². The van der Waals surface area contributed by atoms with Gasteiger partial charge in [-0.1, -0.05) is 248 Å². The Morgan fingerprint density at radius 3 is 1.34 bits per heavy atom. The Bertz CT molecular complexity index is 1560. The Labute approximate surface area is 479 Å². The molecule has 0 spiro atoms. The van der Waals surface area contributed by atoms with E-state index in [1.165, 1.54) is 141 Å². The summed E-state index contributed by atoms with van der Waals surface area (Å²) in [6.45, 7) is 2.71. The van der Waals surface area contributed by atoms with E-state index in [1.54, 1.807) is 0 Å². The molecule has 2 heterocycles. The van der Waals surface area contributed by atoms with Crippen molar-refractivity contribution in [1.29, 1.82) is 0 Å². The molecule has 12 atom stereocenters. The van der Waals surface area contributed by atoms with E-state index in [-0.39, 0.29) is 12.5 Å². The average Bonchev–Trinajstić information content (AvgIpc) is 3.47. The van der Waals surface area contributed by atoms with Crippen LogP contribution in [0.1, 0.15) is 251 Å². The van der Waals surface area contributed by atoms with Gasteiger partial charge in [0.2, 0.25) is 5.91 Å². The van der Waals surface area contributed by atoms with Gasteiger partial charge in [0.1, 0.15) is 48.8 Å². The third-order valence-corrected chi connectivity index (χ3v) is 15.5. The van der Waals surface area contributed by atoms with Crippen LogP contribution in [0.25, 0.3) is 0 Å². The van der Waals surface area contributed by atoms with Gasteiger partial charge in [0.25, 0.3) is 0 Å². The summed E-state index contributed by atoms with van der Waals surface area (Å²) in [6.07, 6.45) is 48.6. The predicted molar refractivity (Wildman–Crippen MR) is 318 cm³/mol. The lowest BCUT2D eigenvalue weighted by Gasteiger charge is -2.46. The topological polar surface area (TPSA) is 228 Å². The fourth-order valence-electron chi connectivity index (χ4n) is 10.4. The Kier molecular flexibility index (Phi) is 46.3. The molecule has 79 heavy (non-hydrogen) atoms. The molecule has 2 rings (SSSR count). The number of hydrogen-bond donors (Lipinski definition) is 9. The van der Waals surface area contributed by atoms with Gasteiger partial charge in [-0.05, 0) is 57.8 Å². The lowest BCUT2D eigenvalue weighted by Crippen LogP contribution is -2.65. The first-order valence-corrected chi connectivity index (χ1v) is 32.0. The fraction of sp³-hybridized carbons (Fsp3) is 0.831. The van der Waals surface area contributed by atoms with Crippen molar-refractivity contribution in [2.45, 2.75) is 325 Å². The molecule has 14 heteroatoms. The summed E-state index contributed by atoms with van der Waals surface area (Å²) < 4.78 is 22.8. The zero-order chi connectivity index (χ0) is 57.4. The number of aliphatic hydroxyl groups excluding tert-OH is 8. The summed E-state index contributed by atoms with van der Waals surface area (Å²) in [6, 6.07) is -0.826. The summed E-state index contributed by atoms with van der Waals surface area (Å²) in [7, 11) is 0. The highest BCUT2D eigenvalue weighted by Crippen LogP contribution is 2.30. The van der Waals surface area contributed by atoms with Crippen molar-refractivity contribution >= 4 is 5.91 Å². The number of amides is 1. The van der Waals surface area contributed by atoms with Crippen LogP contribution >= 0.6 is 0 Å². The van der Waals surface area contributed by atoms with Gasteiger partial charge < -0.3 is 65.1 Å². The minimum absolute atomic E-state index is 0.208. The van der Waals surface area contributed by atoms with Crippen molar-refractivity contribution in [3.05, 3.63) is 60.8 Å². The van der Waals surface area contributed by atoms with Crippen LogP contribution in [0, 0.1) is 0 Å². The van der Waals surface area contributed by atoms with Crippen molar-refractivity contribution in [2.75, 3.05) is 19.8 Å². The number of nitrogens with one attached hydrogen (secondary N) is 1. The average molecular weight is 1120 g/mol. The van der Waals surface area contributed by atoms with E-state index in [0.29, 0.717) is 12.8 Å². The van der Waals surface area contributed by atoms with Gasteiger partial charge in [-0.3, -0.25) is 4.79 Å². The molecule has 2 aliphatic heterocycles. The van der Waals surface area contributed by atoms with Crippen LogP contribution in [0.15, 0.2) is 60.8 Å². The highest BCUT2D eigenvalue weighted by molar-refractivity contribution is 5.76. The summed E-state index contributed by atoms with van der Waals surface area (Å²) >= 11 is 0. The Morgan fingerprint density at radius 2 is 0.873 bits per heavy atom. The number of rotatable bonds is 51. The molecule has 1 amide bonds. The summed E-state index contributed by atoms with van der Waals surface area (Å²) in [4.78, 5) is 13.2. The maximum Gasteiger partial charge on any atom is 0.220 e. The van der Waals surface area contributed by atoms with E-state index in [9.17, 15) is 45.6 Å². The van der Waals surface area contributed by atoms with Gasteiger partial charge in [0.15, 0.2) is 12.6 Å². The summed E-state index contributed by atoms with van der Waals surface area (Å²) in [5.74, 6) is -0.208. The Balaban J connectivity index is 1.53. The first-order chi connectivity index (χ1) is 38.6. The number of carbonyl (C=O) groups is 1. The lowest BCUT2D eigenvalue weighted by molar-refractivity contribution is -0.359. The first kappa shape index (κ1) is 72.8. The molecule has 0 bridgehead atoms. The van der Waals surface area contributed by atoms with Crippen LogP contribution in [-0.2, 0) is 23.7 Å². The van der Waals surface area contributed by atoms with Crippen LogP contribution in [0.5, 0.6) is 0 Å². The molecular formula is C65H117NO13. The normalized spacial score (nSPS) is 24.8. The molecule has 0 saturated carbocycles. The smallest absolute Gasteiger partial charge is 0.220 e. The van der Waals surface area contributed by atoms with Gasteiger partial charge in [0.05, 0.1) is 32.0 Å². The second-order valence-electron chi connectivity index (χ2n) is 22.5. The zero-order valence-corrected chi connectivity index (χ0v) is 49.6. The largest absolute Gasteiger partial charge is 0.394 e. The molecule has 0 radical (unpaired) electrons. The van der Waals surface area contributed by atoms with E-state index < -0.39 is 86.8 Å². The zero-order valence-electron chi connectivity index (χ0n) is 49.6. The number of ether oxygens (including phenoxy) is 4. The third kappa shape index (κ3) is 35.4. The number of allylic oxidation sites excluding steroid dienone is 10. The standard InChI is InChI=1S/C65H117NO13/c1-3-5-7-9-11-13-14-15-16-17-18-19-20-21-22-23-24-25-26-27-28-29-30-31-32-33-34-35-36-37-38-39-40-41-43-45-47-49-57(70)66-53(54(69)48-46-44-42-12-10-8-6-4-2)52-76-64-62(75)60(73)63(56(51-68)78-64)79-65-61(74)59(72)58(71)55(50-67)77-65/h5,7,11,13,15-16,18-19,21-22,53-56,58-65,67-69,71-75H,3-4,6,8-10,12,14,17,20,23-52H2,1-2H3,(H,66,70)/b7-5-,13-11-,16-15-,19-18-,22-21-. The number of unbranched alkanes of at least 4 members (excludes halogenated alkanes) is 28. The highest BCUT2D eigenvalue weighted by Gasteiger charge is 2.51.